The van der Waals surface area contributed by atoms with Gasteiger partial charge in [-0.3, -0.25) is 9.89 Å². The highest BCUT2D eigenvalue weighted by atomic mass is 32.1. The Labute approximate surface area is 125 Å². The number of aromatic amines is 1. The average molecular weight is 305 g/mol. The van der Waals surface area contributed by atoms with Crippen LogP contribution in [0.2, 0.25) is 0 Å². The number of aromatic nitrogens is 2. The summed E-state index contributed by atoms with van der Waals surface area (Å²) in [5.41, 5.74) is 1.21. The van der Waals surface area contributed by atoms with E-state index in [9.17, 15) is 9.59 Å². The van der Waals surface area contributed by atoms with Crippen LogP contribution in [0.1, 0.15) is 43.9 Å². The van der Waals surface area contributed by atoms with E-state index in [1.807, 2.05) is 6.07 Å². The number of hydrogen-bond acceptors (Lipinski definition) is 4. The molecule has 1 atom stereocenters. The molecule has 3 rings (SSSR count). The molecule has 2 heterocycles. The molecule has 0 fully saturated rings. The lowest BCUT2D eigenvalue weighted by molar-refractivity contribution is 0.0690. The molecular formula is C14H15N3O3S. The molecule has 0 aliphatic heterocycles. The lowest BCUT2D eigenvalue weighted by Crippen LogP contribution is -2.10. The van der Waals surface area contributed by atoms with Gasteiger partial charge in [0, 0.05) is 10.9 Å². The Kier molecular flexibility index (Phi) is 3.50. The number of carboxylic acid groups (broad SMARTS) is 1. The van der Waals surface area contributed by atoms with Crippen molar-refractivity contribution >= 4 is 29.0 Å². The normalized spacial score (nSPS) is 17.3. The summed E-state index contributed by atoms with van der Waals surface area (Å²) in [6.07, 6.45) is 3.21. The van der Waals surface area contributed by atoms with E-state index in [-0.39, 0.29) is 17.4 Å². The molecular weight excluding hydrogens is 290 g/mol. The molecule has 1 unspecified atom stereocenters. The molecule has 2 aromatic heterocycles. The summed E-state index contributed by atoms with van der Waals surface area (Å²) in [6.45, 7) is 2.22. The van der Waals surface area contributed by atoms with Crippen molar-refractivity contribution in [3.8, 4) is 0 Å². The molecule has 0 saturated heterocycles. The van der Waals surface area contributed by atoms with Crippen LogP contribution >= 0.6 is 11.3 Å². The van der Waals surface area contributed by atoms with Gasteiger partial charge in [-0.15, -0.1) is 11.3 Å². The maximum absolute atomic E-state index is 12.2. The fraction of sp³-hybridized carbons (Fsp3) is 0.357. The first-order valence-electron chi connectivity index (χ1n) is 6.74. The van der Waals surface area contributed by atoms with E-state index in [0.717, 1.165) is 19.3 Å². The van der Waals surface area contributed by atoms with Crippen molar-refractivity contribution in [2.75, 3.05) is 5.32 Å². The highest BCUT2D eigenvalue weighted by Crippen LogP contribution is 2.32. The highest BCUT2D eigenvalue weighted by Gasteiger charge is 2.21. The van der Waals surface area contributed by atoms with Crippen molar-refractivity contribution in [1.82, 2.24) is 10.2 Å². The molecule has 2 aromatic rings. The molecule has 0 spiro atoms. The number of thiophene rings is 1. The van der Waals surface area contributed by atoms with E-state index in [2.05, 4.69) is 22.4 Å². The fourth-order valence-corrected chi connectivity index (χ4v) is 3.59. The van der Waals surface area contributed by atoms with E-state index in [4.69, 9.17) is 5.11 Å². The molecule has 7 heteroatoms. The Morgan fingerprint density at radius 1 is 1.48 bits per heavy atom. The summed E-state index contributed by atoms with van der Waals surface area (Å²) >= 11 is 1.51. The van der Waals surface area contributed by atoms with Gasteiger partial charge in [0.05, 0.1) is 4.88 Å². The van der Waals surface area contributed by atoms with Gasteiger partial charge in [0.1, 0.15) is 5.69 Å². The number of carboxylic acids is 1. The SMILES string of the molecule is CC1CCc2sc(C(=O)Nc3cc(C(=O)O)[nH]n3)cc2C1. The van der Waals surface area contributed by atoms with Gasteiger partial charge in [0.15, 0.2) is 5.82 Å². The number of carbonyl (C=O) groups is 2. The quantitative estimate of drug-likeness (QED) is 0.812. The largest absolute Gasteiger partial charge is 0.477 e. The average Bonchev–Trinajstić information content (AvgIpc) is 3.04. The lowest BCUT2D eigenvalue weighted by atomic mass is 9.90. The van der Waals surface area contributed by atoms with Crippen molar-refractivity contribution in [3.05, 3.63) is 33.1 Å². The second-order valence-corrected chi connectivity index (χ2v) is 6.47. The highest BCUT2D eigenvalue weighted by molar-refractivity contribution is 7.14. The minimum atomic E-state index is -1.11. The first kappa shape index (κ1) is 13.8. The van der Waals surface area contributed by atoms with Gasteiger partial charge in [-0.05, 0) is 36.8 Å². The van der Waals surface area contributed by atoms with Gasteiger partial charge < -0.3 is 10.4 Å². The number of nitrogens with zero attached hydrogens (tertiary/aromatic N) is 1. The molecule has 0 radical (unpaired) electrons. The third-order valence-corrected chi connectivity index (χ3v) is 4.84. The van der Waals surface area contributed by atoms with Crippen molar-refractivity contribution in [1.29, 1.82) is 0 Å². The third kappa shape index (κ3) is 2.82. The van der Waals surface area contributed by atoms with Crippen molar-refractivity contribution in [2.24, 2.45) is 5.92 Å². The number of aryl methyl sites for hydroxylation is 1. The van der Waals surface area contributed by atoms with Crippen LogP contribution < -0.4 is 5.32 Å². The zero-order valence-electron chi connectivity index (χ0n) is 11.5. The zero-order chi connectivity index (χ0) is 15.0. The zero-order valence-corrected chi connectivity index (χ0v) is 12.3. The smallest absolute Gasteiger partial charge is 0.353 e. The number of hydrogen-bond donors (Lipinski definition) is 3. The maximum atomic E-state index is 12.2. The monoisotopic (exact) mass is 305 g/mol. The Balaban J connectivity index is 1.74. The van der Waals surface area contributed by atoms with Crippen LogP contribution in [0.5, 0.6) is 0 Å². The predicted molar refractivity (Wildman–Crippen MR) is 79.0 cm³/mol. The van der Waals surface area contributed by atoms with Crippen LogP contribution in [0.25, 0.3) is 0 Å². The molecule has 110 valence electrons. The van der Waals surface area contributed by atoms with Crippen molar-refractivity contribution in [2.45, 2.75) is 26.2 Å². The second kappa shape index (κ2) is 5.33. The Morgan fingerprint density at radius 2 is 2.29 bits per heavy atom. The van der Waals surface area contributed by atoms with E-state index >= 15 is 0 Å². The lowest BCUT2D eigenvalue weighted by Gasteiger charge is -2.16. The first-order valence-corrected chi connectivity index (χ1v) is 7.56. The molecule has 1 aliphatic carbocycles. The van der Waals surface area contributed by atoms with Crippen LogP contribution in [0, 0.1) is 5.92 Å². The minimum Gasteiger partial charge on any atom is -0.477 e. The Hall–Kier alpha value is -2.15. The number of aromatic carboxylic acids is 1. The number of amides is 1. The van der Waals surface area contributed by atoms with E-state index < -0.39 is 5.97 Å². The number of carbonyl (C=O) groups excluding carboxylic acids is 1. The molecule has 3 N–H and O–H groups in total. The number of H-pyrrole nitrogens is 1. The molecule has 21 heavy (non-hydrogen) atoms. The van der Waals surface area contributed by atoms with E-state index in [0.29, 0.717) is 10.8 Å². The summed E-state index contributed by atoms with van der Waals surface area (Å²) in [5, 5.41) is 17.5. The summed E-state index contributed by atoms with van der Waals surface area (Å²) in [6, 6.07) is 3.24. The van der Waals surface area contributed by atoms with Crippen LogP contribution in [0.15, 0.2) is 12.1 Å². The topological polar surface area (TPSA) is 95.1 Å². The Morgan fingerprint density at radius 3 is 3.00 bits per heavy atom. The van der Waals surface area contributed by atoms with Gasteiger partial charge in [-0.2, -0.15) is 5.10 Å². The van der Waals surface area contributed by atoms with E-state index in [1.54, 1.807) is 0 Å². The molecule has 0 bridgehead atoms. The molecule has 0 saturated carbocycles. The number of rotatable bonds is 3. The number of fused-ring (bicyclic) bond motifs is 1. The van der Waals surface area contributed by atoms with Gasteiger partial charge in [-0.25, -0.2) is 4.79 Å². The van der Waals surface area contributed by atoms with Gasteiger partial charge in [0.2, 0.25) is 0 Å². The van der Waals surface area contributed by atoms with Crippen LogP contribution in [-0.4, -0.2) is 27.2 Å². The molecule has 0 aromatic carbocycles. The minimum absolute atomic E-state index is 0.0513. The van der Waals surface area contributed by atoms with Crippen LogP contribution in [-0.2, 0) is 12.8 Å². The molecule has 1 amide bonds. The van der Waals surface area contributed by atoms with Crippen molar-refractivity contribution in [3.63, 3.8) is 0 Å². The number of nitrogens with one attached hydrogen (secondary N) is 2. The summed E-state index contributed by atoms with van der Waals surface area (Å²) in [7, 11) is 0. The standard InChI is InChI=1S/C14H15N3O3S/c1-7-2-3-10-8(4-7)5-11(21-10)13(18)15-12-6-9(14(19)20)16-17-12/h5-7H,2-4H2,1H3,(H,19,20)(H2,15,16,17,18). The van der Waals surface area contributed by atoms with Crippen LogP contribution in [0.3, 0.4) is 0 Å². The Bertz CT molecular complexity index is 704. The maximum Gasteiger partial charge on any atom is 0.353 e. The van der Waals surface area contributed by atoms with Gasteiger partial charge in [-0.1, -0.05) is 6.92 Å². The van der Waals surface area contributed by atoms with Crippen molar-refractivity contribution < 1.29 is 14.7 Å². The van der Waals surface area contributed by atoms with Gasteiger partial charge in [0.25, 0.3) is 5.91 Å². The van der Waals surface area contributed by atoms with Crippen LogP contribution in [0.4, 0.5) is 5.82 Å². The predicted octanol–water partition coefficient (Wildman–Crippen LogP) is 2.55. The molecule has 6 nitrogen and oxygen atoms in total. The third-order valence-electron chi connectivity index (χ3n) is 3.60. The fourth-order valence-electron chi connectivity index (χ4n) is 2.49. The summed E-state index contributed by atoms with van der Waals surface area (Å²) in [5.74, 6) is -0.473. The summed E-state index contributed by atoms with van der Waals surface area (Å²) in [4.78, 5) is 24.9. The van der Waals surface area contributed by atoms with E-state index in [1.165, 1.54) is 27.8 Å². The van der Waals surface area contributed by atoms with Gasteiger partial charge >= 0.3 is 5.97 Å². The summed E-state index contributed by atoms with van der Waals surface area (Å²) < 4.78 is 0. The number of anilines is 1. The molecule has 1 aliphatic rings. The first-order chi connectivity index (χ1) is 10.0. The second-order valence-electron chi connectivity index (χ2n) is 5.33.